The van der Waals surface area contributed by atoms with E-state index in [2.05, 4.69) is 0 Å². The van der Waals surface area contributed by atoms with Crippen molar-refractivity contribution in [1.29, 1.82) is 0 Å². The number of sulfone groups is 1. The first kappa shape index (κ1) is 12.5. The minimum atomic E-state index is -3.21. The molecule has 1 aliphatic heterocycles. The van der Waals surface area contributed by atoms with E-state index in [1.54, 1.807) is 24.3 Å². The van der Waals surface area contributed by atoms with Crippen LogP contribution in [0, 0.1) is 0 Å². The largest absolute Gasteiger partial charge is 0.381 e. The highest BCUT2D eigenvalue weighted by molar-refractivity contribution is 7.92. The van der Waals surface area contributed by atoms with E-state index in [1.807, 2.05) is 0 Å². The van der Waals surface area contributed by atoms with E-state index in [-0.39, 0.29) is 5.25 Å². The van der Waals surface area contributed by atoms with Crippen molar-refractivity contribution < 1.29 is 13.2 Å². The smallest absolute Gasteiger partial charge is 0.181 e. The quantitative estimate of drug-likeness (QED) is 0.878. The van der Waals surface area contributed by atoms with E-state index in [4.69, 9.17) is 10.5 Å². The minimum absolute atomic E-state index is 0.306. The van der Waals surface area contributed by atoms with Gasteiger partial charge in [-0.15, -0.1) is 0 Å². The Balaban J connectivity index is 2.23. The van der Waals surface area contributed by atoms with E-state index in [9.17, 15) is 8.42 Å². The lowest BCUT2D eigenvalue weighted by molar-refractivity contribution is 0.0983. The first-order valence-corrected chi connectivity index (χ1v) is 7.30. The lowest BCUT2D eigenvalue weighted by atomic mass is 10.2. The van der Waals surface area contributed by atoms with Gasteiger partial charge < -0.3 is 10.5 Å². The molecule has 0 unspecified atom stereocenters. The summed E-state index contributed by atoms with van der Waals surface area (Å²) >= 11 is 0. The number of hydrogen-bond acceptors (Lipinski definition) is 4. The molecule has 94 valence electrons. The molecule has 0 spiro atoms. The summed E-state index contributed by atoms with van der Waals surface area (Å²) in [6.07, 6.45) is 1.17. The van der Waals surface area contributed by atoms with Crippen LogP contribution >= 0.6 is 0 Å². The zero-order chi connectivity index (χ0) is 12.3. The predicted molar refractivity (Wildman–Crippen MR) is 65.4 cm³/mol. The van der Waals surface area contributed by atoms with Crippen LogP contribution in [0.4, 0.5) is 0 Å². The summed E-state index contributed by atoms with van der Waals surface area (Å²) in [5, 5.41) is -0.306. The van der Waals surface area contributed by atoms with Crippen molar-refractivity contribution in [3.05, 3.63) is 29.8 Å². The number of benzene rings is 1. The lowest BCUT2D eigenvalue weighted by Gasteiger charge is -2.22. The van der Waals surface area contributed by atoms with Gasteiger partial charge in [0.25, 0.3) is 0 Å². The Kier molecular flexibility index (Phi) is 3.81. The molecule has 2 N–H and O–H groups in total. The van der Waals surface area contributed by atoms with Gasteiger partial charge in [0.2, 0.25) is 0 Å². The standard InChI is InChI=1S/C12H17NO3S/c13-9-10-1-3-11(4-2-10)17(14,15)12-5-7-16-8-6-12/h1-4,12H,5-9,13H2. The molecule has 0 saturated carbocycles. The molecule has 1 saturated heterocycles. The SMILES string of the molecule is NCc1ccc(S(=O)(=O)C2CCOCC2)cc1. The second-order valence-electron chi connectivity index (χ2n) is 4.20. The van der Waals surface area contributed by atoms with Crippen molar-refractivity contribution in [2.24, 2.45) is 5.73 Å². The number of hydrogen-bond donors (Lipinski definition) is 1. The highest BCUT2D eigenvalue weighted by atomic mass is 32.2. The molecule has 0 radical (unpaired) electrons. The van der Waals surface area contributed by atoms with Gasteiger partial charge in [0.15, 0.2) is 9.84 Å². The molecular weight excluding hydrogens is 238 g/mol. The third kappa shape index (κ3) is 2.68. The van der Waals surface area contributed by atoms with Crippen molar-refractivity contribution in [3.8, 4) is 0 Å². The van der Waals surface area contributed by atoms with Crippen molar-refractivity contribution in [2.75, 3.05) is 13.2 Å². The number of rotatable bonds is 3. The van der Waals surface area contributed by atoms with Crippen molar-refractivity contribution in [2.45, 2.75) is 29.5 Å². The molecule has 2 rings (SSSR count). The first-order chi connectivity index (χ1) is 8.14. The summed E-state index contributed by atoms with van der Waals surface area (Å²) in [4.78, 5) is 0.390. The van der Waals surface area contributed by atoms with E-state index in [0.717, 1.165) is 5.56 Å². The lowest BCUT2D eigenvalue weighted by Crippen LogP contribution is -2.28. The Morgan fingerprint density at radius 1 is 1.18 bits per heavy atom. The number of ether oxygens (including phenoxy) is 1. The van der Waals surface area contributed by atoms with Crippen LogP contribution in [0.25, 0.3) is 0 Å². The summed E-state index contributed by atoms with van der Waals surface area (Å²) in [7, 11) is -3.21. The molecule has 5 heteroatoms. The van der Waals surface area contributed by atoms with Gasteiger partial charge in [0.1, 0.15) is 0 Å². The van der Waals surface area contributed by atoms with Crippen LogP contribution in [0.1, 0.15) is 18.4 Å². The molecule has 0 amide bonds. The van der Waals surface area contributed by atoms with E-state index >= 15 is 0 Å². The molecule has 0 atom stereocenters. The zero-order valence-corrected chi connectivity index (χ0v) is 10.4. The molecule has 1 aliphatic rings. The highest BCUT2D eigenvalue weighted by Gasteiger charge is 2.29. The molecule has 1 fully saturated rings. The molecule has 0 aliphatic carbocycles. The van der Waals surface area contributed by atoms with Gasteiger partial charge in [-0.1, -0.05) is 12.1 Å². The zero-order valence-electron chi connectivity index (χ0n) is 9.63. The van der Waals surface area contributed by atoms with Crippen LogP contribution in [0.15, 0.2) is 29.2 Å². The van der Waals surface area contributed by atoms with Gasteiger partial charge in [-0.2, -0.15) is 0 Å². The van der Waals surface area contributed by atoms with Gasteiger partial charge in [-0.25, -0.2) is 8.42 Å². The van der Waals surface area contributed by atoms with Gasteiger partial charge >= 0.3 is 0 Å². The normalized spacial score (nSPS) is 18.2. The average Bonchev–Trinajstić information content (AvgIpc) is 2.40. The summed E-state index contributed by atoms with van der Waals surface area (Å²) in [5.41, 5.74) is 6.43. The first-order valence-electron chi connectivity index (χ1n) is 5.75. The predicted octanol–water partition coefficient (Wildman–Crippen LogP) is 1.10. The Morgan fingerprint density at radius 3 is 2.29 bits per heavy atom. The van der Waals surface area contributed by atoms with E-state index < -0.39 is 9.84 Å². The summed E-state index contributed by atoms with van der Waals surface area (Å²) < 4.78 is 29.8. The van der Waals surface area contributed by atoms with Gasteiger partial charge in [-0.3, -0.25) is 0 Å². The fourth-order valence-corrected chi connectivity index (χ4v) is 3.71. The van der Waals surface area contributed by atoms with Crippen LogP contribution in [0.5, 0.6) is 0 Å². The molecular formula is C12H17NO3S. The fourth-order valence-electron chi connectivity index (χ4n) is 1.99. The third-order valence-corrected chi connectivity index (χ3v) is 5.37. The molecule has 1 heterocycles. The maximum Gasteiger partial charge on any atom is 0.181 e. The van der Waals surface area contributed by atoms with Crippen LogP contribution < -0.4 is 5.73 Å². The summed E-state index contributed by atoms with van der Waals surface area (Å²) in [5.74, 6) is 0. The molecule has 4 nitrogen and oxygen atoms in total. The monoisotopic (exact) mass is 255 g/mol. The van der Waals surface area contributed by atoms with Crippen molar-refractivity contribution >= 4 is 9.84 Å². The fraction of sp³-hybridized carbons (Fsp3) is 0.500. The molecule has 0 aromatic heterocycles. The molecule has 0 bridgehead atoms. The highest BCUT2D eigenvalue weighted by Crippen LogP contribution is 2.23. The Bertz CT molecular complexity index is 461. The maximum atomic E-state index is 12.3. The van der Waals surface area contributed by atoms with Crippen LogP contribution in [-0.4, -0.2) is 26.9 Å². The van der Waals surface area contributed by atoms with Gasteiger partial charge in [-0.05, 0) is 30.5 Å². The van der Waals surface area contributed by atoms with Crippen LogP contribution in [0.2, 0.25) is 0 Å². The van der Waals surface area contributed by atoms with Crippen molar-refractivity contribution in [3.63, 3.8) is 0 Å². The Hall–Kier alpha value is -0.910. The minimum Gasteiger partial charge on any atom is -0.381 e. The summed E-state index contributed by atoms with van der Waals surface area (Å²) in [6.45, 7) is 1.49. The third-order valence-electron chi connectivity index (χ3n) is 3.09. The van der Waals surface area contributed by atoms with Gasteiger partial charge in [0, 0.05) is 19.8 Å². The van der Waals surface area contributed by atoms with E-state index in [0.29, 0.717) is 37.5 Å². The van der Waals surface area contributed by atoms with Crippen LogP contribution in [0.3, 0.4) is 0 Å². The topological polar surface area (TPSA) is 69.4 Å². The molecule has 1 aromatic rings. The summed E-state index contributed by atoms with van der Waals surface area (Å²) in [6, 6.07) is 6.83. The molecule has 17 heavy (non-hydrogen) atoms. The average molecular weight is 255 g/mol. The van der Waals surface area contributed by atoms with Gasteiger partial charge in [0.05, 0.1) is 10.1 Å². The van der Waals surface area contributed by atoms with Crippen LogP contribution in [-0.2, 0) is 21.1 Å². The maximum absolute atomic E-state index is 12.3. The Labute approximate surface area is 102 Å². The second-order valence-corrected chi connectivity index (χ2v) is 6.43. The molecule has 1 aromatic carbocycles. The Morgan fingerprint density at radius 2 is 1.76 bits per heavy atom. The second kappa shape index (κ2) is 5.16. The number of nitrogens with two attached hydrogens (primary N) is 1. The van der Waals surface area contributed by atoms with E-state index in [1.165, 1.54) is 0 Å². The van der Waals surface area contributed by atoms with Crippen molar-refractivity contribution in [1.82, 2.24) is 0 Å².